The van der Waals surface area contributed by atoms with Crippen LogP contribution in [-0.2, 0) is 27.2 Å². The van der Waals surface area contributed by atoms with Crippen molar-refractivity contribution in [2.45, 2.75) is 62.8 Å². The molecule has 0 aliphatic heterocycles. The fourth-order valence-electron chi connectivity index (χ4n) is 7.00. The number of imidazole rings is 2. The van der Waals surface area contributed by atoms with Gasteiger partial charge in [0.05, 0.1) is 24.8 Å². The van der Waals surface area contributed by atoms with Crippen molar-refractivity contribution in [3.8, 4) is 0 Å². The van der Waals surface area contributed by atoms with Crippen LogP contribution in [0.3, 0.4) is 0 Å². The number of benzene rings is 2. The molecule has 2 aromatic carbocycles. The Hall–Kier alpha value is -6.44. The van der Waals surface area contributed by atoms with Crippen molar-refractivity contribution in [2.75, 3.05) is 0 Å². The molecule has 8 aromatic rings. The first kappa shape index (κ1) is 39.4. The summed E-state index contributed by atoms with van der Waals surface area (Å²) in [5, 5.41) is 20.7. The molecule has 2 N–H and O–H groups in total. The van der Waals surface area contributed by atoms with E-state index in [-0.39, 0.29) is 48.1 Å². The van der Waals surface area contributed by atoms with Gasteiger partial charge in [0, 0.05) is 24.1 Å². The van der Waals surface area contributed by atoms with Gasteiger partial charge in [-0.1, -0.05) is 47.5 Å². The standard InChI is InChI=1S/C19H17ClN6O3.C10H11ClO.C9H8N6O3/c1-24-9-21-17-16(24)18(27)25(10-22-17)8-15-23-26(19(28)29-15)14-6-12(7-14)11-2-4-13(20)5-3-11;11-9-3-1-7(2-4-9)8-5-10(12)6-8;1-14-3-10-7-6(14)8(16)15(4-11-7)2-5-12-13-9(17)18-5/h2-5,9-10,12,14H,6-8H2,1H3;1-4,8,10,12H,5-6H2;3-4H,2H2,1H3,(H,13,17). The average Bonchev–Trinajstić information content (AvgIpc) is 3.97. The van der Waals surface area contributed by atoms with Gasteiger partial charge >= 0.3 is 11.5 Å². The van der Waals surface area contributed by atoms with Crippen LogP contribution >= 0.6 is 23.2 Å². The van der Waals surface area contributed by atoms with Crippen LogP contribution in [-0.4, -0.2) is 69.4 Å². The van der Waals surface area contributed by atoms with E-state index in [0.29, 0.717) is 39.2 Å². The molecule has 21 heteroatoms. The highest BCUT2D eigenvalue weighted by molar-refractivity contribution is 6.30. The zero-order chi connectivity index (χ0) is 41.4. The largest absolute Gasteiger partial charge is 0.437 e. The number of H-pyrrole nitrogens is 1. The average molecular weight is 844 g/mol. The zero-order valence-electron chi connectivity index (χ0n) is 31.6. The molecule has 6 heterocycles. The van der Waals surface area contributed by atoms with E-state index in [2.05, 4.69) is 35.2 Å². The Labute approximate surface area is 342 Å². The summed E-state index contributed by atoms with van der Waals surface area (Å²) in [7, 11) is 3.43. The number of nitrogens with one attached hydrogen (secondary N) is 1. The number of halogens is 2. The third kappa shape index (κ3) is 8.43. The van der Waals surface area contributed by atoms with Crippen molar-refractivity contribution >= 4 is 45.5 Å². The molecule has 0 radical (unpaired) electrons. The predicted octanol–water partition coefficient (Wildman–Crippen LogP) is 3.53. The van der Waals surface area contributed by atoms with Gasteiger partial charge < -0.3 is 23.1 Å². The van der Waals surface area contributed by atoms with E-state index in [4.69, 9.17) is 37.1 Å². The van der Waals surface area contributed by atoms with Gasteiger partial charge in [-0.3, -0.25) is 18.7 Å². The van der Waals surface area contributed by atoms with Crippen LogP contribution in [0.4, 0.5) is 0 Å². The van der Waals surface area contributed by atoms with Gasteiger partial charge in [0.25, 0.3) is 11.1 Å². The molecule has 0 atom stereocenters. The maximum Gasteiger partial charge on any atom is 0.437 e. The highest BCUT2D eigenvalue weighted by Crippen LogP contribution is 2.44. The summed E-state index contributed by atoms with van der Waals surface area (Å²) < 4.78 is 17.2. The number of aliphatic hydroxyl groups excluding tert-OH is 1. The molecule has 19 nitrogen and oxygen atoms in total. The van der Waals surface area contributed by atoms with Gasteiger partial charge in [0.1, 0.15) is 25.7 Å². The normalized spacial score (nSPS) is 18.4. The molecule has 6 aromatic heterocycles. The number of aliphatic hydroxyl groups is 1. The van der Waals surface area contributed by atoms with Crippen LogP contribution in [0.1, 0.15) is 66.5 Å². The van der Waals surface area contributed by atoms with Crippen LogP contribution in [0.25, 0.3) is 22.3 Å². The summed E-state index contributed by atoms with van der Waals surface area (Å²) in [5.74, 6) is 0.0382. The van der Waals surface area contributed by atoms with Crippen molar-refractivity contribution in [2.24, 2.45) is 14.1 Å². The molecule has 304 valence electrons. The van der Waals surface area contributed by atoms with E-state index < -0.39 is 11.5 Å². The number of fused-ring (bicyclic) bond motifs is 2. The molecule has 59 heavy (non-hydrogen) atoms. The minimum absolute atomic E-state index is 0.0184. The van der Waals surface area contributed by atoms with Crippen LogP contribution in [0, 0.1) is 0 Å². The minimum Gasteiger partial charge on any atom is -0.393 e. The second-order valence-electron chi connectivity index (χ2n) is 14.4. The van der Waals surface area contributed by atoms with Crippen molar-refractivity contribution < 1.29 is 13.9 Å². The monoisotopic (exact) mass is 842 g/mol. The molecule has 2 saturated carbocycles. The lowest BCUT2D eigenvalue weighted by atomic mass is 9.76. The molecule has 0 amide bonds. The van der Waals surface area contributed by atoms with E-state index in [1.165, 1.54) is 50.3 Å². The smallest absolute Gasteiger partial charge is 0.393 e. The number of hydrogen-bond acceptors (Lipinski definition) is 13. The molecule has 0 spiro atoms. The van der Waals surface area contributed by atoms with E-state index in [1.807, 2.05) is 48.5 Å². The molecule has 2 aliphatic carbocycles. The first-order valence-electron chi connectivity index (χ1n) is 18.4. The Kier molecular flexibility index (Phi) is 11.0. The van der Waals surface area contributed by atoms with Crippen LogP contribution < -0.4 is 22.6 Å². The molecule has 0 unspecified atom stereocenters. The summed E-state index contributed by atoms with van der Waals surface area (Å²) in [5.41, 5.74) is 3.48. The summed E-state index contributed by atoms with van der Waals surface area (Å²) in [6.45, 7) is 0.0637. The number of aromatic nitrogens is 12. The topological polar surface area (TPSA) is 233 Å². The van der Waals surface area contributed by atoms with Crippen LogP contribution in [0.2, 0.25) is 10.0 Å². The third-order valence-electron chi connectivity index (χ3n) is 10.4. The highest BCUT2D eigenvalue weighted by Gasteiger charge is 2.34. The van der Waals surface area contributed by atoms with Gasteiger partial charge in [-0.05, 0) is 72.9 Å². The van der Waals surface area contributed by atoms with Gasteiger partial charge in [0.2, 0.25) is 11.8 Å². The molecule has 0 saturated heterocycles. The zero-order valence-corrected chi connectivity index (χ0v) is 33.1. The second-order valence-corrected chi connectivity index (χ2v) is 15.2. The number of rotatable bonds is 7. The van der Waals surface area contributed by atoms with Crippen LogP contribution in [0.5, 0.6) is 0 Å². The van der Waals surface area contributed by atoms with E-state index in [9.17, 15) is 19.2 Å². The van der Waals surface area contributed by atoms with Crippen molar-refractivity contribution in [1.29, 1.82) is 0 Å². The maximum absolute atomic E-state index is 12.6. The lowest BCUT2D eigenvalue weighted by Crippen LogP contribution is -2.31. The van der Waals surface area contributed by atoms with Crippen molar-refractivity contribution in [3.63, 3.8) is 0 Å². The molecule has 10 rings (SSSR count). The second kappa shape index (κ2) is 16.4. The molecular formula is C38H36Cl2N12O7. The van der Waals surface area contributed by atoms with E-state index in [0.717, 1.165) is 30.7 Å². The van der Waals surface area contributed by atoms with E-state index >= 15 is 0 Å². The molecular weight excluding hydrogens is 807 g/mol. The third-order valence-corrected chi connectivity index (χ3v) is 10.9. The predicted molar refractivity (Wildman–Crippen MR) is 214 cm³/mol. The van der Waals surface area contributed by atoms with Gasteiger partial charge in [0.15, 0.2) is 22.3 Å². The lowest BCUT2D eigenvalue weighted by Gasteiger charge is -2.34. The molecule has 2 aliphatic rings. The Balaban J connectivity index is 0.000000137. The summed E-state index contributed by atoms with van der Waals surface area (Å²) >= 11 is 11.7. The molecule has 2 fully saturated rings. The lowest BCUT2D eigenvalue weighted by molar-refractivity contribution is 0.0746. The maximum atomic E-state index is 12.6. The Bertz CT molecular complexity index is 2980. The Morgan fingerprint density at radius 1 is 0.678 bits per heavy atom. The fraction of sp³-hybridized carbons (Fsp3) is 0.316. The molecule has 0 bridgehead atoms. The number of hydrogen-bond donors (Lipinski definition) is 2. The van der Waals surface area contributed by atoms with Gasteiger partial charge in [-0.2, -0.15) is 4.68 Å². The summed E-state index contributed by atoms with van der Waals surface area (Å²) in [6.07, 6.45) is 9.10. The van der Waals surface area contributed by atoms with Crippen LogP contribution in [0.15, 0.2) is 102 Å². The Morgan fingerprint density at radius 2 is 1.15 bits per heavy atom. The van der Waals surface area contributed by atoms with Gasteiger partial charge in [-0.15, -0.1) is 10.2 Å². The number of aromatic amines is 1. The van der Waals surface area contributed by atoms with E-state index in [1.54, 1.807) is 23.2 Å². The van der Waals surface area contributed by atoms with Crippen molar-refractivity contribution in [1.82, 2.24) is 58.2 Å². The fourth-order valence-corrected chi connectivity index (χ4v) is 7.25. The quantitative estimate of drug-likeness (QED) is 0.234. The Morgan fingerprint density at radius 3 is 1.63 bits per heavy atom. The highest BCUT2D eigenvalue weighted by atomic mass is 35.5. The van der Waals surface area contributed by atoms with Gasteiger partial charge in [-0.25, -0.2) is 34.6 Å². The SMILES string of the molecule is Cn1cnc2ncn(Cc3n[nH]c(=O)o3)c(=O)c21.Cn1cnc2ncn(Cc3nn(C4CC(c5ccc(Cl)cc5)C4)c(=O)o3)c(=O)c21.OC1CC(c2ccc(Cl)cc2)C1. The number of aryl methyl sites for hydroxylation is 2. The van der Waals surface area contributed by atoms with Crippen molar-refractivity contribution in [3.05, 3.63) is 149 Å². The first-order chi connectivity index (χ1) is 28.4. The first-order valence-corrected chi connectivity index (χ1v) is 19.2. The summed E-state index contributed by atoms with van der Waals surface area (Å²) in [4.78, 5) is 64.0. The summed E-state index contributed by atoms with van der Waals surface area (Å²) in [6, 6.07) is 15.6. The number of nitrogens with zero attached hydrogens (tertiary/aromatic N) is 11. The minimum atomic E-state index is -0.660.